The summed E-state index contributed by atoms with van der Waals surface area (Å²) in [5.74, 6) is 0.170. The number of hydrogen-bond donors (Lipinski definition) is 2. The maximum absolute atomic E-state index is 11.6. The van der Waals surface area contributed by atoms with E-state index >= 15 is 0 Å². The van der Waals surface area contributed by atoms with Gasteiger partial charge in [0.1, 0.15) is 0 Å². The number of aromatic nitrogens is 1. The molecule has 0 saturated carbocycles. The molecule has 110 valence electrons. The van der Waals surface area contributed by atoms with E-state index in [1.54, 1.807) is 0 Å². The van der Waals surface area contributed by atoms with Gasteiger partial charge in [-0.1, -0.05) is 12.1 Å². The van der Waals surface area contributed by atoms with Crippen molar-refractivity contribution in [3.8, 4) is 0 Å². The van der Waals surface area contributed by atoms with Crippen molar-refractivity contribution in [3.63, 3.8) is 0 Å². The molecule has 1 aromatic heterocycles. The summed E-state index contributed by atoms with van der Waals surface area (Å²) in [4.78, 5) is 17.4. The Bertz CT molecular complexity index is 738. The molecule has 2 heterocycles. The highest BCUT2D eigenvalue weighted by molar-refractivity contribution is 9.10. The summed E-state index contributed by atoms with van der Waals surface area (Å²) in [5.41, 5.74) is 9.47. The molecule has 5 heteroatoms. The number of nitrogens with one attached hydrogen (secondary N) is 1. The van der Waals surface area contributed by atoms with Gasteiger partial charge in [-0.05, 0) is 53.0 Å². The molecule has 1 saturated heterocycles. The zero-order valence-corrected chi connectivity index (χ0v) is 13.5. The smallest absolute Gasteiger partial charge is 0.221 e. The van der Waals surface area contributed by atoms with Crippen LogP contribution in [0.25, 0.3) is 10.9 Å². The van der Waals surface area contributed by atoms with Crippen molar-refractivity contribution in [1.82, 2.24) is 9.88 Å². The first kappa shape index (κ1) is 13.3. The van der Waals surface area contributed by atoms with Gasteiger partial charge in [-0.15, -0.1) is 0 Å². The van der Waals surface area contributed by atoms with Gasteiger partial charge >= 0.3 is 0 Å². The minimum absolute atomic E-state index is 0.0459. The number of likely N-dealkylation sites (tertiary alicyclic amines) is 1. The van der Waals surface area contributed by atoms with Gasteiger partial charge < -0.3 is 15.6 Å². The minimum atomic E-state index is -0.173. The number of H-pyrrole nitrogens is 1. The summed E-state index contributed by atoms with van der Waals surface area (Å²) in [5, 5.41) is 1.34. The molecule has 1 fully saturated rings. The van der Waals surface area contributed by atoms with Crippen LogP contribution in [0, 0.1) is 5.92 Å². The maximum atomic E-state index is 11.6. The number of hydrogen-bond acceptors (Lipinski definition) is 2. The molecule has 1 aliphatic heterocycles. The van der Waals surface area contributed by atoms with Crippen molar-refractivity contribution in [2.24, 2.45) is 11.7 Å². The first-order chi connectivity index (χ1) is 10.1. The summed E-state index contributed by atoms with van der Waals surface area (Å²) >= 11 is 3.66. The van der Waals surface area contributed by atoms with E-state index in [0.717, 1.165) is 24.0 Å². The second-order valence-corrected chi connectivity index (χ2v) is 7.13. The molecule has 2 aromatic rings. The fourth-order valence-corrected chi connectivity index (χ4v) is 4.76. The molecule has 0 bridgehead atoms. The zero-order chi connectivity index (χ0) is 14.7. The molecule has 0 radical (unpaired) electrons. The molecule has 1 amide bonds. The fourth-order valence-electron chi connectivity index (χ4n) is 4.19. The first-order valence-electron chi connectivity index (χ1n) is 7.34. The average molecular weight is 348 g/mol. The Balaban J connectivity index is 1.88. The highest BCUT2D eigenvalue weighted by Gasteiger charge is 2.41. The first-order valence-corrected chi connectivity index (χ1v) is 8.14. The number of primary amides is 1. The third-order valence-corrected chi connectivity index (χ3v) is 5.88. The lowest BCUT2D eigenvalue weighted by molar-refractivity contribution is -0.124. The predicted molar refractivity (Wildman–Crippen MR) is 86.2 cm³/mol. The SMILES string of the molecule is CN1C[C@@H](C(N)=O)C[C@@H]2c3cccc4[nH]c(Br)c(c34)C[C@H]21. The van der Waals surface area contributed by atoms with Crippen molar-refractivity contribution in [2.75, 3.05) is 13.6 Å². The molecule has 0 spiro atoms. The van der Waals surface area contributed by atoms with E-state index in [2.05, 4.69) is 51.1 Å². The second-order valence-electron chi connectivity index (χ2n) is 6.34. The van der Waals surface area contributed by atoms with Gasteiger partial charge in [0, 0.05) is 29.4 Å². The second kappa shape index (κ2) is 4.58. The zero-order valence-electron chi connectivity index (χ0n) is 11.9. The lowest BCUT2D eigenvalue weighted by Gasteiger charge is -2.44. The van der Waals surface area contributed by atoms with E-state index in [0.29, 0.717) is 12.0 Å². The van der Waals surface area contributed by atoms with E-state index in [9.17, 15) is 4.79 Å². The Morgan fingerprint density at radius 1 is 1.48 bits per heavy atom. The summed E-state index contributed by atoms with van der Waals surface area (Å²) in [6.07, 6.45) is 1.88. The number of nitrogens with two attached hydrogens (primary N) is 1. The highest BCUT2D eigenvalue weighted by Crippen LogP contribution is 2.46. The Hall–Kier alpha value is -1.33. The molecule has 4 rings (SSSR count). The summed E-state index contributed by atoms with van der Waals surface area (Å²) in [6, 6.07) is 6.87. The monoisotopic (exact) mass is 347 g/mol. The van der Waals surface area contributed by atoms with Crippen LogP contribution >= 0.6 is 15.9 Å². The van der Waals surface area contributed by atoms with Crippen LogP contribution in [0.5, 0.6) is 0 Å². The number of carbonyl (C=O) groups excluding carboxylic acids is 1. The van der Waals surface area contributed by atoms with E-state index in [-0.39, 0.29) is 11.8 Å². The number of nitrogens with zero attached hydrogens (tertiary/aromatic N) is 1. The van der Waals surface area contributed by atoms with Crippen LogP contribution in [-0.4, -0.2) is 35.4 Å². The number of aromatic amines is 1. The Labute approximate surface area is 131 Å². The molecule has 3 atom stereocenters. The third-order valence-electron chi connectivity index (χ3n) is 5.20. The minimum Gasteiger partial charge on any atom is -0.369 e. The van der Waals surface area contributed by atoms with Crippen LogP contribution in [0.15, 0.2) is 22.8 Å². The molecule has 2 aliphatic rings. The number of piperidine rings is 1. The van der Waals surface area contributed by atoms with Gasteiger partial charge in [0.15, 0.2) is 0 Å². The number of benzene rings is 1. The van der Waals surface area contributed by atoms with Crippen molar-refractivity contribution in [2.45, 2.75) is 24.8 Å². The van der Waals surface area contributed by atoms with E-state index in [1.807, 2.05) is 0 Å². The number of halogens is 1. The number of likely N-dealkylation sites (N-methyl/N-ethyl adjacent to an activating group) is 1. The number of amides is 1. The average Bonchev–Trinajstić information content (AvgIpc) is 2.77. The summed E-state index contributed by atoms with van der Waals surface area (Å²) in [6.45, 7) is 0.768. The molecule has 0 unspecified atom stereocenters. The molecule has 21 heavy (non-hydrogen) atoms. The van der Waals surface area contributed by atoms with Crippen molar-refractivity contribution < 1.29 is 4.79 Å². The summed E-state index contributed by atoms with van der Waals surface area (Å²) in [7, 11) is 2.11. The lowest BCUT2D eigenvalue weighted by atomic mass is 9.72. The van der Waals surface area contributed by atoms with Gasteiger partial charge in [0.2, 0.25) is 5.91 Å². The van der Waals surface area contributed by atoms with Crippen LogP contribution in [0.3, 0.4) is 0 Å². The van der Waals surface area contributed by atoms with Crippen molar-refractivity contribution in [3.05, 3.63) is 33.9 Å². The number of fused-ring (bicyclic) bond motifs is 2. The molecule has 1 aromatic carbocycles. The van der Waals surface area contributed by atoms with Gasteiger partial charge in [0.05, 0.1) is 10.5 Å². The molecule has 1 aliphatic carbocycles. The topological polar surface area (TPSA) is 62.1 Å². The molecular weight excluding hydrogens is 330 g/mol. The summed E-state index contributed by atoms with van der Waals surface area (Å²) < 4.78 is 1.09. The lowest BCUT2D eigenvalue weighted by Crippen LogP contribution is -2.50. The van der Waals surface area contributed by atoms with Crippen LogP contribution in [0.4, 0.5) is 0 Å². The molecule has 3 N–H and O–H groups in total. The van der Waals surface area contributed by atoms with Crippen molar-refractivity contribution in [1.29, 1.82) is 0 Å². The fraction of sp³-hybridized carbons (Fsp3) is 0.438. The van der Waals surface area contributed by atoms with E-state index in [4.69, 9.17) is 5.73 Å². The number of rotatable bonds is 1. The Morgan fingerprint density at radius 2 is 2.29 bits per heavy atom. The maximum Gasteiger partial charge on any atom is 0.221 e. The van der Waals surface area contributed by atoms with Crippen LogP contribution in [0.2, 0.25) is 0 Å². The van der Waals surface area contributed by atoms with E-state index < -0.39 is 0 Å². The third kappa shape index (κ3) is 1.87. The van der Waals surface area contributed by atoms with Crippen LogP contribution < -0.4 is 5.73 Å². The number of carbonyl (C=O) groups is 1. The van der Waals surface area contributed by atoms with Gasteiger partial charge in [-0.25, -0.2) is 0 Å². The van der Waals surface area contributed by atoms with Gasteiger partial charge in [-0.2, -0.15) is 0 Å². The largest absolute Gasteiger partial charge is 0.369 e. The van der Waals surface area contributed by atoms with Gasteiger partial charge in [-0.3, -0.25) is 4.79 Å². The highest BCUT2D eigenvalue weighted by atomic mass is 79.9. The predicted octanol–water partition coefficient (Wildman–Crippen LogP) is 2.38. The Kier molecular flexibility index (Phi) is 2.91. The molecule has 4 nitrogen and oxygen atoms in total. The van der Waals surface area contributed by atoms with Crippen LogP contribution in [0.1, 0.15) is 23.5 Å². The van der Waals surface area contributed by atoms with E-state index in [1.165, 1.54) is 22.0 Å². The van der Waals surface area contributed by atoms with Crippen molar-refractivity contribution >= 4 is 32.7 Å². The quantitative estimate of drug-likeness (QED) is 0.831. The Morgan fingerprint density at radius 3 is 3.05 bits per heavy atom. The van der Waals surface area contributed by atoms with Crippen LogP contribution in [-0.2, 0) is 11.2 Å². The standard InChI is InChI=1S/C16H18BrN3O/c1-20-7-8(16(18)21)5-10-9-3-2-4-12-14(9)11(6-13(10)20)15(17)19-12/h2-4,8,10,13,19H,5-7H2,1H3,(H2,18,21)/t8-,10+,13+/m0/s1. The molecular formula is C16H18BrN3O. The van der Waals surface area contributed by atoms with Gasteiger partial charge in [0.25, 0.3) is 0 Å². The normalized spacial score (nSPS) is 28.6.